The molecule has 0 heterocycles. The monoisotopic (exact) mass is 304 g/mol. The Kier molecular flexibility index (Phi) is 8.57. The molecule has 4 heteroatoms. The molecule has 1 aromatic rings. The van der Waals surface area contributed by atoms with Gasteiger partial charge in [-0.2, -0.15) is 5.26 Å². The van der Waals surface area contributed by atoms with E-state index in [9.17, 15) is 5.11 Å². The third-order valence-corrected chi connectivity index (χ3v) is 3.88. The first-order chi connectivity index (χ1) is 10.6. The Morgan fingerprint density at radius 2 is 1.95 bits per heavy atom. The van der Waals surface area contributed by atoms with Crippen molar-refractivity contribution in [3.63, 3.8) is 0 Å². The number of nitrogens with zero attached hydrogens (tertiary/aromatic N) is 2. The zero-order chi connectivity index (χ0) is 16.4. The van der Waals surface area contributed by atoms with Gasteiger partial charge in [-0.3, -0.25) is 4.90 Å². The van der Waals surface area contributed by atoms with Gasteiger partial charge in [-0.25, -0.2) is 0 Å². The van der Waals surface area contributed by atoms with Gasteiger partial charge in [0.05, 0.1) is 11.6 Å². The van der Waals surface area contributed by atoms with Gasteiger partial charge in [-0.05, 0) is 50.6 Å². The number of benzene rings is 1. The van der Waals surface area contributed by atoms with Crippen molar-refractivity contribution < 1.29 is 9.84 Å². The van der Waals surface area contributed by atoms with Crippen molar-refractivity contribution in [1.82, 2.24) is 4.90 Å². The van der Waals surface area contributed by atoms with Crippen molar-refractivity contribution in [2.24, 2.45) is 0 Å². The molecule has 0 aromatic heterocycles. The van der Waals surface area contributed by atoms with Crippen molar-refractivity contribution in [2.75, 3.05) is 19.7 Å². The van der Waals surface area contributed by atoms with Crippen LogP contribution in [0.3, 0.4) is 0 Å². The van der Waals surface area contributed by atoms with Gasteiger partial charge in [0.2, 0.25) is 0 Å². The molecule has 0 radical (unpaired) electrons. The zero-order valence-electron chi connectivity index (χ0n) is 14.0. The van der Waals surface area contributed by atoms with Crippen LogP contribution in [0, 0.1) is 11.3 Å². The second kappa shape index (κ2) is 10.2. The third kappa shape index (κ3) is 6.46. The molecule has 0 saturated carbocycles. The number of aliphatic hydroxyl groups excluding tert-OH is 1. The van der Waals surface area contributed by atoms with E-state index in [-0.39, 0.29) is 6.61 Å². The average Bonchev–Trinajstić information content (AvgIpc) is 2.56. The van der Waals surface area contributed by atoms with Crippen LogP contribution >= 0.6 is 0 Å². The largest absolute Gasteiger partial charge is 0.491 e. The molecule has 0 saturated heterocycles. The Morgan fingerprint density at radius 1 is 1.27 bits per heavy atom. The van der Waals surface area contributed by atoms with Crippen LogP contribution in [0.2, 0.25) is 0 Å². The van der Waals surface area contributed by atoms with Gasteiger partial charge >= 0.3 is 0 Å². The summed E-state index contributed by atoms with van der Waals surface area (Å²) in [6.07, 6.45) is 2.87. The summed E-state index contributed by atoms with van der Waals surface area (Å²) in [5, 5.41) is 19.0. The van der Waals surface area contributed by atoms with Crippen molar-refractivity contribution in [2.45, 2.75) is 52.2 Å². The molecule has 0 aliphatic heterocycles. The molecule has 0 fully saturated rings. The molecule has 0 aliphatic carbocycles. The van der Waals surface area contributed by atoms with Crippen molar-refractivity contribution >= 4 is 0 Å². The predicted molar refractivity (Wildman–Crippen MR) is 88.9 cm³/mol. The zero-order valence-corrected chi connectivity index (χ0v) is 14.0. The number of ether oxygens (including phenoxy) is 1. The highest BCUT2D eigenvalue weighted by atomic mass is 16.5. The van der Waals surface area contributed by atoms with Crippen LogP contribution < -0.4 is 4.74 Å². The summed E-state index contributed by atoms with van der Waals surface area (Å²) in [6.45, 7) is 8.46. The van der Waals surface area contributed by atoms with Gasteiger partial charge in [0.25, 0.3) is 0 Å². The molecule has 1 N–H and O–H groups in total. The molecule has 0 unspecified atom stereocenters. The number of nitriles is 1. The highest BCUT2D eigenvalue weighted by Gasteiger charge is 2.16. The topological polar surface area (TPSA) is 56.5 Å². The quantitative estimate of drug-likeness (QED) is 0.721. The first kappa shape index (κ1) is 18.5. The predicted octanol–water partition coefficient (Wildman–Crippen LogP) is 3.20. The molecule has 0 amide bonds. The number of aliphatic hydroxyl groups is 1. The normalized spacial score (nSPS) is 13.6. The summed E-state index contributed by atoms with van der Waals surface area (Å²) < 4.78 is 5.60. The smallest absolute Gasteiger partial charge is 0.119 e. The number of rotatable bonds is 10. The summed E-state index contributed by atoms with van der Waals surface area (Å²) in [4.78, 5) is 2.33. The van der Waals surface area contributed by atoms with Crippen LogP contribution in [-0.4, -0.2) is 41.8 Å². The summed E-state index contributed by atoms with van der Waals surface area (Å²) in [5.41, 5.74) is 0.607. The minimum absolute atomic E-state index is 0.269. The maximum atomic E-state index is 10.2. The van der Waals surface area contributed by atoms with E-state index in [0.29, 0.717) is 23.9 Å². The van der Waals surface area contributed by atoms with E-state index in [1.54, 1.807) is 24.3 Å². The highest BCUT2D eigenvalue weighted by molar-refractivity contribution is 5.34. The van der Waals surface area contributed by atoms with E-state index in [1.807, 2.05) is 0 Å². The molecule has 122 valence electrons. The van der Waals surface area contributed by atoms with Crippen LogP contribution in [0.15, 0.2) is 24.3 Å². The van der Waals surface area contributed by atoms with E-state index in [4.69, 9.17) is 10.00 Å². The van der Waals surface area contributed by atoms with E-state index in [1.165, 1.54) is 0 Å². The van der Waals surface area contributed by atoms with Crippen LogP contribution in [0.5, 0.6) is 5.75 Å². The number of unbranched alkanes of at least 4 members (excludes halogenated alkanes) is 1. The lowest BCUT2D eigenvalue weighted by molar-refractivity contribution is 0.0534. The molecule has 1 rings (SSSR count). The molecule has 1 aromatic carbocycles. The Labute approximate surface area is 134 Å². The average molecular weight is 304 g/mol. The fourth-order valence-corrected chi connectivity index (χ4v) is 2.25. The van der Waals surface area contributed by atoms with Gasteiger partial charge < -0.3 is 9.84 Å². The van der Waals surface area contributed by atoms with Crippen molar-refractivity contribution in [3.8, 4) is 11.8 Å². The van der Waals surface area contributed by atoms with E-state index in [2.05, 4.69) is 31.7 Å². The van der Waals surface area contributed by atoms with Crippen LogP contribution in [0.4, 0.5) is 0 Å². The lowest BCUT2D eigenvalue weighted by Gasteiger charge is -2.30. The van der Waals surface area contributed by atoms with Crippen molar-refractivity contribution in [3.05, 3.63) is 29.8 Å². The fourth-order valence-electron chi connectivity index (χ4n) is 2.25. The maximum Gasteiger partial charge on any atom is 0.119 e. The Hall–Kier alpha value is -1.57. The first-order valence-electron chi connectivity index (χ1n) is 8.15. The fraction of sp³-hybridized carbons (Fsp3) is 0.611. The second-order valence-electron chi connectivity index (χ2n) is 5.71. The molecule has 0 aliphatic rings. The lowest BCUT2D eigenvalue weighted by atomic mass is 10.1. The molecule has 0 spiro atoms. The van der Waals surface area contributed by atoms with Crippen LogP contribution in [0.1, 0.15) is 45.6 Å². The van der Waals surface area contributed by atoms with Gasteiger partial charge in [0, 0.05) is 12.6 Å². The maximum absolute atomic E-state index is 10.2. The third-order valence-electron chi connectivity index (χ3n) is 3.88. The van der Waals surface area contributed by atoms with Crippen LogP contribution in [-0.2, 0) is 0 Å². The second-order valence-corrected chi connectivity index (χ2v) is 5.71. The standard InChI is InChI=1S/C18H28N2O2/c1-4-6-11-20(15(3)5-2)13-17(21)14-22-18-9-7-16(12-19)8-10-18/h7-10,15,17,21H,4-6,11,13-14H2,1-3H3/t15-,17+/m1/s1. The molecular formula is C18H28N2O2. The first-order valence-corrected chi connectivity index (χ1v) is 8.15. The summed E-state index contributed by atoms with van der Waals surface area (Å²) in [7, 11) is 0. The van der Waals surface area contributed by atoms with E-state index in [0.717, 1.165) is 25.8 Å². The van der Waals surface area contributed by atoms with E-state index >= 15 is 0 Å². The summed E-state index contributed by atoms with van der Waals surface area (Å²) >= 11 is 0. The lowest BCUT2D eigenvalue weighted by Crippen LogP contribution is -2.41. The Bertz CT molecular complexity index is 453. The van der Waals surface area contributed by atoms with Gasteiger partial charge in [0.1, 0.15) is 18.5 Å². The van der Waals surface area contributed by atoms with Gasteiger partial charge in [-0.1, -0.05) is 20.3 Å². The van der Waals surface area contributed by atoms with E-state index < -0.39 is 6.10 Å². The Morgan fingerprint density at radius 3 is 2.50 bits per heavy atom. The SMILES string of the molecule is CCCCN(C[C@H](O)COc1ccc(C#N)cc1)[C@H](C)CC. The minimum atomic E-state index is -0.513. The molecule has 22 heavy (non-hydrogen) atoms. The molecule has 2 atom stereocenters. The molecule has 0 bridgehead atoms. The Balaban J connectivity index is 2.44. The molecule has 4 nitrogen and oxygen atoms in total. The summed E-state index contributed by atoms with van der Waals surface area (Å²) in [5.74, 6) is 0.682. The van der Waals surface area contributed by atoms with Crippen molar-refractivity contribution in [1.29, 1.82) is 5.26 Å². The molecular weight excluding hydrogens is 276 g/mol. The summed E-state index contributed by atoms with van der Waals surface area (Å²) in [6, 6.07) is 9.49. The van der Waals surface area contributed by atoms with Gasteiger partial charge in [0.15, 0.2) is 0 Å². The highest BCUT2D eigenvalue weighted by Crippen LogP contribution is 2.13. The number of hydrogen-bond acceptors (Lipinski definition) is 4. The van der Waals surface area contributed by atoms with Crippen LogP contribution in [0.25, 0.3) is 0 Å². The van der Waals surface area contributed by atoms with Gasteiger partial charge in [-0.15, -0.1) is 0 Å². The minimum Gasteiger partial charge on any atom is -0.491 e. The number of hydrogen-bond donors (Lipinski definition) is 1.